The molecule has 1 aliphatic rings. The molecule has 1 aromatic heterocycles. The van der Waals surface area contributed by atoms with Gasteiger partial charge in [0.05, 0.1) is 16.6 Å². The van der Waals surface area contributed by atoms with Crippen molar-refractivity contribution in [2.24, 2.45) is 5.92 Å². The molecule has 1 aliphatic carbocycles. The first-order valence-electron chi connectivity index (χ1n) is 6.95. The van der Waals surface area contributed by atoms with Crippen molar-refractivity contribution in [3.8, 4) is 0 Å². The maximum atomic E-state index is 5.73. The molecule has 18 heavy (non-hydrogen) atoms. The summed E-state index contributed by atoms with van der Waals surface area (Å²) >= 11 is 7.45. The van der Waals surface area contributed by atoms with Crippen LogP contribution in [-0.4, -0.2) is 18.2 Å². The fourth-order valence-electron chi connectivity index (χ4n) is 2.14. The van der Waals surface area contributed by atoms with Gasteiger partial charge in [-0.1, -0.05) is 19.3 Å². The molecule has 0 amide bonds. The van der Waals surface area contributed by atoms with Gasteiger partial charge >= 0.3 is 0 Å². The first-order valence-corrected chi connectivity index (χ1v) is 8.37. The average molecular weight is 288 g/mol. The number of alkyl halides is 1. The molecule has 0 radical (unpaired) electrons. The Morgan fingerprint density at radius 2 is 2.22 bits per heavy atom. The Hall–Kier alpha value is -0.120. The SMILES string of the molecule is ClCc1csc(CCCCOCCC2CCC2)n1. The fourth-order valence-corrected chi connectivity index (χ4v) is 3.21. The highest BCUT2D eigenvalue weighted by molar-refractivity contribution is 7.09. The lowest BCUT2D eigenvalue weighted by atomic mass is 9.83. The summed E-state index contributed by atoms with van der Waals surface area (Å²) in [6.07, 6.45) is 8.92. The zero-order valence-corrected chi connectivity index (χ0v) is 12.4. The Bertz CT molecular complexity index is 338. The quantitative estimate of drug-likeness (QED) is 0.496. The second-order valence-corrected chi connectivity index (χ2v) is 6.23. The third-order valence-electron chi connectivity index (χ3n) is 3.56. The molecule has 1 fully saturated rings. The third-order valence-corrected chi connectivity index (χ3v) is 4.79. The van der Waals surface area contributed by atoms with E-state index in [1.165, 1.54) is 37.1 Å². The maximum absolute atomic E-state index is 5.73. The third kappa shape index (κ3) is 4.87. The molecule has 0 saturated heterocycles. The van der Waals surface area contributed by atoms with E-state index in [2.05, 4.69) is 10.4 Å². The number of thiazole rings is 1. The summed E-state index contributed by atoms with van der Waals surface area (Å²) in [6, 6.07) is 0. The molecule has 0 unspecified atom stereocenters. The van der Waals surface area contributed by atoms with E-state index in [1.807, 2.05) is 0 Å². The molecule has 0 atom stereocenters. The molecule has 0 bridgehead atoms. The van der Waals surface area contributed by atoms with Crippen LogP contribution in [0.4, 0.5) is 0 Å². The predicted molar refractivity (Wildman–Crippen MR) is 77.4 cm³/mol. The van der Waals surface area contributed by atoms with Crippen LogP contribution in [0.3, 0.4) is 0 Å². The Labute approximate surface area is 119 Å². The minimum Gasteiger partial charge on any atom is -0.381 e. The van der Waals surface area contributed by atoms with E-state index >= 15 is 0 Å². The van der Waals surface area contributed by atoms with E-state index in [9.17, 15) is 0 Å². The number of hydrogen-bond donors (Lipinski definition) is 0. The monoisotopic (exact) mass is 287 g/mol. The normalized spacial score (nSPS) is 15.8. The summed E-state index contributed by atoms with van der Waals surface area (Å²) in [6.45, 7) is 1.86. The molecule has 0 N–H and O–H groups in total. The van der Waals surface area contributed by atoms with Crippen LogP contribution in [0.25, 0.3) is 0 Å². The van der Waals surface area contributed by atoms with Gasteiger partial charge in [-0.05, 0) is 31.6 Å². The molecule has 1 saturated carbocycles. The van der Waals surface area contributed by atoms with Gasteiger partial charge in [0.1, 0.15) is 0 Å². The van der Waals surface area contributed by atoms with Crippen molar-refractivity contribution in [3.63, 3.8) is 0 Å². The highest BCUT2D eigenvalue weighted by Crippen LogP contribution is 2.29. The number of aromatic nitrogens is 1. The predicted octanol–water partition coefficient (Wildman–Crippen LogP) is 4.41. The van der Waals surface area contributed by atoms with Gasteiger partial charge in [-0.15, -0.1) is 22.9 Å². The van der Waals surface area contributed by atoms with Crippen molar-refractivity contribution in [3.05, 3.63) is 16.1 Å². The Balaban J connectivity index is 1.43. The van der Waals surface area contributed by atoms with Crippen LogP contribution in [0.5, 0.6) is 0 Å². The minimum absolute atomic E-state index is 0.529. The van der Waals surface area contributed by atoms with Gasteiger partial charge in [0.15, 0.2) is 0 Å². The van der Waals surface area contributed by atoms with Gasteiger partial charge in [0.25, 0.3) is 0 Å². The molecule has 0 aromatic carbocycles. The molecular weight excluding hydrogens is 266 g/mol. The second kappa shape index (κ2) is 8.13. The molecule has 102 valence electrons. The number of rotatable bonds is 9. The highest BCUT2D eigenvalue weighted by atomic mass is 35.5. The van der Waals surface area contributed by atoms with Crippen molar-refractivity contribution < 1.29 is 4.74 Å². The van der Waals surface area contributed by atoms with E-state index in [4.69, 9.17) is 16.3 Å². The molecule has 4 heteroatoms. The lowest BCUT2D eigenvalue weighted by molar-refractivity contribution is 0.104. The van der Waals surface area contributed by atoms with E-state index < -0.39 is 0 Å². The molecule has 1 heterocycles. The Morgan fingerprint density at radius 1 is 1.33 bits per heavy atom. The van der Waals surface area contributed by atoms with E-state index in [0.29, 0.717) is 5.88 Å². The van der Waals surface area contributed by atoms with Crippen LogP contribution in [0.15, 0.2) is 5.38 Å². The highest BCUT2D eigenvalue weighted by Gasteiger charge is 2.16. The first kappa shape index (κ1) is 14.3. The molecular formula is C14H22ClNOS. The number of nitrogens with zero attached hydrogens (tertiary/aromatic N) is 1. The van der Waals surface area contributed by atoms with Crippen LogP contribution < -0.4 is 0 Å². The summed E-state index contributed by atoms with van der Waals surface area (Å²) in [5.41, 5.74) is 1.01. The van der Waals surface area contributed by atoms with Gasteiger partial charge in [-0.25, -0.2) is 4.98 Å². The van der Waals surface area contributed by atoms with Gasteiger partial charge < -0.3 is 4.74 Å². The fraction of sp³-hybridized carbons (Fsp3) is 0.786. The van der Waals surface area contributed by atoms with Crippen LogP contribution in [-0.2, 0) is 17.0 Å². The number of halogens is 1. The zero-order chi connectivity index (χ0) is 12.6. The van der Waals surface area contributed by atoms with Crippen molar-refractivity contribution in [2.75, 3.05) is 13.2 Å². The Kier molecular flexibility index (Phi) is 6.46. The summed E-state index contributed by atoms with van der Waals surface area (Å²) in [7, 11) is 0. The molecule has 0 spiro atoms. The lowest BCUT2D eigenvalue weighted by Gasteiger charge is -2.24. The topological polar surface area (TPSA) is 22.1 Å². The van der Waals surface area contributed by atoms with Crippen molar-refractivity contribution in [1.29, 1.82) is 0 Å². The second-order valence-electron chi connectivity index (χ2n) is 5.02. The van der Waals surface area contributed by atoms with Crippen molar-refractivity contribution in [2.45, 2.75) is 50.8 Å². The zero-order valence-electron chi connectivity index (χ0n) is 10.9. The summed E-state index contributed by atoms with van der Waals surface area (Å²) in [5.74, 6) is 1.50. The van der Waals surface area contributed by atoms with E-state index in [-0.39, 0.29) is 0 Å². The minimum atomic E-state index is 0.529. The van der Waals surface area contributed by atoms with Gasteiger partial charge in [0.2, 0.25) is 0 Å². The molecule has 2 nitrogen and oxygen atoms in total. The van der Waals surface area contributed by atoms with Crippen LogP contribution in [0.1, 0.15) is 49.2 Å². The van der Waals surface area contributed by atoms with E-state index in [1.54, 1.807) is 11.3 Å². The van der Waals surface area contributed by atoms with Crippen LogP contribution in [0.2, 0.25) is 0 Å². The molecule has 0 aliphatic heterocycles. The van der Waals surface area contributed by atoms with Gasteiger partial charge in [-0.2, -0.15) is 0 Å². The maximum Gasteiger partial charge on any atom is 0.0928 e. The van der Waals surface area contributed by atoms with E-state index in [0.717, 1.165) is 37.7 Å². The lowest BCUT2D eigenvalue weighted by Crippen LogP contribution is -2.13. The largest absolute Gasteiger partial charge is 0.381 e. The van der Waals surface area contributed by atoms with Crippen LogP contribution in [0, 0.1) is 5.92 Å². The smallest absolute Gasteiger partial charge is 0.0928 e. The summed E-state index contributed by atoms with van der Waals surface area (Å²) < 4.78 is 5.67. The van der Waals surface area contributed by atoms with Crippen LogP contribution >= 0.6 is 22.9 Å². The molecule has 1 aromatic rings. The number of hydrogen-bond acceptors (Lipinski definition) is 3. The molecule has 2 rings (SSSR count). The Morgan fingerprint density at radius 3 is 2.89 bits per heavy atom. The average Bonchev–Trinajstić information content (AvgIpc) is 2.78. The summed E-state index contributed by atoms with van der Waals surface area (Å²) in [4.78, 5) is 4.45. The van der Waals surface area contributed by atoms with Crippen molar-refractivity contribution >= 4 is 22.9 Å². The number of unbranched alkanes of at least 4 members (excludes halogenated alkanes) is 1. The standard InChI is InChI=1S/C14H22ClNOS/c15-10-13-11-18-14(16-13)6-1-2-8-17-9-7-12-4-3-5-12/h11-12H,1-10H2. The summed E-state index contributed by atoms with van der Waals surface area (Å²) in [5, 5.41) is 3.26. The van der Waals surface area contributed by atoms with Gasteiger partial charge in [0, 0.05) is 18.6 Å². The first-order chi connectivity index (χ1) is 8.88. The number of ether oxygens (including phenoxy) is 1. The number of aryl methyl sites for hydroxylation is 1. The van der Waals surface area contributed by atoms with Gasteiger partial charge in [-0.3, -0.25) is 0 Å². The van der Waals surface area contributed by atoms with Crippen molar-refractivity contribution in [1.82, 2.24) is 4.98 Å².